The van der Waals surface area contributed by atoms with Crippen LogP contribution in [0.2, 0.25) is 0 Å². The summed E-state index contributed by atoms with van der Waals surface area (Å²) in [6.07, 6.45) is 0.950. The quantitative estimate of drug-likeness (QED) is 0.655. The van der Waals surface area contributed by atoms with Gasteiger partial charge >= 0.3 is 0 Å². The SMILES string of the molecule is OCCOc1ccc(C2=NOC(c3ccc4nc[nH]c4c3)O2)cc1O. The van der Waals surface area contributed by atoms with E-state index >= 15 is 0 Å². The molecule has 1 aliphatic rings. The van der Waals surface area contributed by atoms with Crippen LogP contribution in [0, 0.1) is 0 Å². The Morgan fingerprint density at radius 1 is 1.20 bits per heavy atom. The monoisotopic (exact) mass is 341 g/mol. The Morgan fingerprint density at radius 3 is 2.96 bits per heavy atom. The predicted octanol–water partition coefficient (Wildman–Crippen LogP) is 2.05. The molecule has 0 amide bonds. The molecule has 8 nitrogen and oxygen atoms in total. The lowest BCUT2D eigenvalue weighted by atomic mass is 10.2. The zero-order valence-corrected chi connectivity index (χ0v) is 13.0. The highest BCUT2D eigenvalue weighted by molar-refractivity contribution is 5.95. The van der Waals surface area contributed by atoms with Gasteiger partial charge in [-0.2, -0.15) is 0 Å². The number of nitrogens with one attached hydrogen (secondary N) is 1. The van der Waals surface area contributed by atoms with Crippen molar-refractivity contribution in [2.24, 2.45) is 5.16 Å². The van der Waals surface area contributed by atoms with Crippen molar-refractivity contribution in [1.82, 2.24) is 9.97 Å². The van der Waals surface area contributed by atoms with E-state index in [4.69, 9.17) is 19.4 Å². The number of phenolic OH excluding ortho intramolecular Hbond substituents is 1. The Balaban J connectivity index is 1.50. The Kier molecular flexibility index (Phi) is 3.87. The van der Waals surface area contributed by atoms with E-state index in [-0.39, 0.29) is 30.6 Å². The number of rotatable bonds is 5. The summed E-state index contributed by atoms with van der Waals surface area (Å²) in [4.78, 5) is 12.6. The zero-order chi connectivity index (χ0) is 17.2. The summed E-state index contributed by atoms with van der Waals surface area (Å²) in [5.41, 5.74) is 3.08. The number of H-pyrrole nitrogens is 1. The molecule has 0 saturated heterocycles. The van der Waals surface area contributed by atoms with E-state index in [2.05, 4.69) is 15.1 Å². The van der Waals surface area contributed by atoms with Crippen molar-refractivity contribution in [3.05, 3.63) is 53.9 Å². The lowest BCUT2D eigenvalue weighted by molar-refractivity contribution is -0.0497. The smallest absolute Gasteiger partial charge is 0.293 e. The Bertz CT molecular complexity index is 937. The summed E-state index contributed by atoms with van der Waals surface area (Å²) < 4.78 is 10.9. The van der Waals surface area contributed by atoms with Crippen LogP contribution >= 0.6 is 0 Å². The van der Waals surface area contributed by atoms with Crippen LogP contribution in [0.1, 0.15) is 17.4 Å². The molecule has 8 heteroatoms. The molecule has 25 heavy (non-hydrogen) atoms. The average molecular weight is 341 g/mol. The number of imidazole rings is 1. The van der Waals surface area contributed by atoms with E-state index < -0.39 is 6.29 Å². The zero-order valence-electron chi connectivity index (χ0n) is 13.0. The number of hydrogen-bond acceptors (Lipinski definition) is 7. The molecular formula is C17H15N3O5. The first-order chi connectivity index (χ1) is 12.2. The topological polar surface area (TPSA) is 109 Å². The summed E-state index contributed by atoms with van der Waals surface area (Å²) in [6.45, 7) is -0.0289. The second-order valence-electron chi connectivity index (χ2n) is 5.39. The van der Waals surface area contributed by atoms with Gasteiger partial charge in [-0.05, 0) is 41.6 Å². The highest BCUT2D eigenvalue weighted by Gasteiger charge is 2.26. The number of fused-ring (bicyclic) bond motifs is 1. The van der Waals surface area contributed by atoms with E-state index in [0.717, 1.165) is 16.6 Å². The van der Waals surface area contributed by atoms with Gasteiger partial charge in [0.05, 0.1) is 24.0 Å². The fourth-order valence-corrected chi connectivity index (χ4v) is 2.52. The Morgan fingerprint density at radius 2 is 2.12 bits per heavy atom. The Labute approximate surface area is 142 Å². The number of aliphatic hydroxyl groups excluding tert-OH is 1. The number of oxime groups is 1. The van der Waals surface area contributed by atoms with Gasteiger partial charge in [0.1, 0.15) is 6.61 Å². The predicted molar refractivity (Wildman–Crippen MR) is 88.2 cm³/mol. The summed E-state index contributed by atoms with van der Waals surface area (Å²) in [5.74, 6) is 0.469. The van der Waals surface area contributed by atoms with Crippen molar-refractivity contribution >= 4 is 16.9 Å². The fraction of sp³-hybridized carbons (Fsp3) is 0.176. The minimum atomic E-state index is -0.671. The van der Waals surface area contributed by atoms with Crippen LogP contribution in [-0.4, -0.2) is 39.3 Å². The molecule has 4 rings (SSSR count). The lowest BCUT2D eigenvalue weighted by Gasteiger charge is -2.10. The van der Waals surface area contributed by atoms with Gasteiger partial charge in [-0.3, -0.25) is 0 Å². The molecule has 0 saturated carbocycles. The third-order valence-electron chi connectivity index (χ3n) is 3.72. The second-order valence-corrected chi connectivity index (χ2v) is 5.39. The molecule has 0 bridgehead atoms. The fourth-order valence-electron chi connectivity index (χ4n) is 2.52. The van der Waals surface area contributed by atoms with E-state index in [9.17, 15) is 5.11 Å². The second kappa shape index (κ2) is 6.33. The molecule has 0 aliphatic carbocycles. The van der Waals surface area contributed by atoms with E-state index in [0.29, 0.717) is 5.56 Å². The number of hydrogen-bond donors (Lipinski definition) is 3. The average Bonchev–Trinajstić information content (AvgIpc) is 3.29. The van der Waals surface area contributed by atoms with Gasteiger partial charge < -0.3 is 29.5 Å². The van der Waals surface area contributed by atoms with Crippen LogP contribution in [0.5, 0.6) is 11.5 Å². The summed E-state index contributed by atoms with van der Waals surface area (Å²) in [7, 11) is 0. The largest absolute Gasteiger partial charge is 0.504 e. The van der Waals surface area contributed by atoms with Crippen molar-refractivity contribution in [3.8, 4) is 11.5 Å². The number of ether oxygens (including phenoxy) is 2. The first kappa shape index (κ1) is 15.3. The van der Waals surface area contributed by atoms with Gasteiger partial charge in [0, 0.05) is 11.1 Å². The maximum atomic E-state index is 9.99. The summed E-state index contributed by atoms with van der Waals surface area (Å²) >= 11 is 0. The van der Waals surface area contributed by atoms with Crippen molar-refractivity contribution in [2.75, 3.05) is 13.2 Å². The maximum absolute atomic E-state index is 9.99. The van der Waals surface area contributed by atoms with Crippen molar-refractivity contribution < 1.29 is 24.5 Å². The van der Waals surface area contributed by atoms with Crippen LogP contribution in [0.4, 0.5) is 0 Å². The normalized spacial score (nSPS) is 16.4. The first-order valence-electron chi connectivity index (χ1n) is 7.65. The molecular weight excluding hydrogens is 326 g/mol. The van der Waals surface area contributed by atoms with Gasteiger partial charge in [0.25, 0.3) is 12.2 Å². The van der Waals surface area contributed by atoms with E-state index in [1.54, 1.807) is 18.5 Å². The number of aliphatic hydroxyl groups is 1. The molecule has 1 aliphatic heterocycles. The van der Waals surface area contributed by atoms with Gasteiger partial charge in [-0.25, -0.2) is 4.98 Å². The van der Waals surface area contributed by atoms with Crippen LogP contribution in [0.25, 0.3) is 11.0 Å². The molecule has 1 atom stereocenters. The number of aromatic hydroxyl groups is 1. The van der Waals surface area contributed by atoms with Crippen molar-refractivity contribution in [2.45, 2.75) is 6.29 Å². The number of aromatic nitrogens is 2. The van der Waals surface area contributed by atoms with Crippen molar-refractivity contribution in [3.63, 3.8) is 0 Å². The van der Waals surface area contributed by atoms with Gasteiger partial charge in [-0.15, -0.1) is 0 Å². The van der Waals surface area contributed by atoms with Crippen LogP contribution in [-0.2, 0) is 9.57 Å². The minimum Gasteiger partial charge on any atom is -0.504 e. The molecule has 3 aromatic rings. The van der Waals surface area contributed by atoms with Crippen LogP contribution in [0.3, 0.4) is 0 Å². The molecule has 1 aromatic heterocycles. The van der Waals surface area contributed by atoms with Crippen molar-refractivity contribution in [1.29, 1.82) is 0 Å². The highest BCUT2D eigenvalue weighted by atomic mass is 16.8. The number of aromatic amines is 1. The van der Waals surface area contributed by atoms with E-state index in [1.165, 1.54) is 6.07 Å². The molecule has 0 fully saturated rings. The first-order valence-corrected chi connectivity index (χ1v) is 7.65. The minimum absolute atomic E-state index is 0.0698. The summed E-state index contributed by atoms with van der Waals surface area (Å²) in [6, 6.07) is 10.3. The lowest BCUT2D eigenvalue weighted by Crippen LogP contribution is -2.06. The van der Waals surface area contributed by atoms with E-state index in [1.807, 2.05) is 18.2 Å². The van der Waals surface area contributed by atoms with Gasteiger partial charge in [0.2, 0.25) is 0 Å². The molecule has 128 valence electrons. The standard InChI is InChI=1S/C17H15N3O5/c21-5-6-23-15-4-2-10(8-14(15)22)16-20-25-17(24-16)11-1-3-12-13(7-11)19-9-18-12/h1-4,7-9,17,21-22H,5-6H2,(H,18,19). The van der Waals surface area contributed by atoms with Crippen LogP contribution < -0.4 is 4.74 Å². The third-order valence-corrected chi connectivity index (χ3v) is 3.72. The molecule has 3 N–H and O–H groups in total. The molecule has 2 heterocycles. The van der Waals surface area contributed by atoms with Crippen LogP contribution in [0.15, 0.2) is 47.9 Å². The number of phenols is 1. The number of nitrogens with zero attached hydrogens (tertiary/aromatic N) is 2. The Hall–Kier alpha value is -3.26. The highest BCUT2D eigenvalue weighted by Crippen LogP contribution is 2.31. The molecule has 0 radical (unpaired) electrons. The van der Waals surface area contributed by atoms with Gasteiger partial charge in [-0.1, -0.05) is 0 Å². The molecule has 0 spiro atoms. The molecule has 2 aromatic carbocycles. The van der Waals surface area contributed by atoms with Gasteiger partial charge in [0.15, 0.2) is 11.5 Å². The summed E-state index contributed by atoms with van der Waals surface area (Å²) in [5, 5.41) is 22.7. The number of benzene rings is 2. The molecule has 1 unspecified atom stereocenters. The maximum Gasteiger partial charge on any atom is 0.293 e. The third kappa shape index (κ3) is 2.94.